The molecular formula is C19H24IN3O2S. The number of anilines is 1. The number of fused-ring (bicyclic) bond motifs is 1. The number of aryl methyl sites for hydroxylation is 3. The predicted molar refractivity (Wildman–Crippen MR) is 117 cm³/mol. The average Bonchev–Trinajstić information content (AvgIpc) is 2.99. The zero-order valence-corrected chi connectivity index (χ0v) is 18.1. The van der Waals surface area contributed by atoms with Gasteiger partial charge in [-0.15, -0.1) is 24.0 Å². The third-order valence-corrected chi connectivity index (χ3v) is 5.70. The Morgan fingerprint density at radius 1 is 1.15 bits per heavy atom. The van der Waals surface area contributed by atoms with E-state index in [4.69, 9.17) is 5.73 Å². The highest BCUT2D eigenvalue weighted by molar-refractivity contribution is 14.0. The first-order valence-electron chi connectivity index (χ1n) is 8.31. The fraction of sp³-hybridized carbons (Fsp3) is 0.316. The van der Waals surface area contributed by atoms with E-state index in [0.29, 0.717) is 17.4 Å². The number of rotatable bonds is 4. The Morgan fingerprint density at radius 3 is 2.58 bits per heavy atom. The molecule has 26 heavy (non-hydrogen) atoms. The molecule has 0 saturated heterocycles. The number of halogens is 1. The van der Waals surface area contributed by atoms with Crippen LogP contribution < -0.4 is 11.1 Å². The molecule has 0 bridgehead atoms. The van der Waals surface area contributed by atoms with Gasteiger partial charge in [0.2, 0.25) is 0 Å². The monoisotopic (exact) mass is 485 g/mol. The van der Waals surface area contributed by atoms with Crippen LogP contribution in [0.15, 0.2) is 46.3 Å². The molecule has 140 valence electrons. The molecule has 2 aromatic rings. The van der Waals surface area contributed by atoms with Crippen LogP contribution in [0.25, 0.3) is 0 Å². The molecule has 3 rings (SSSR count). The maximum Gasteiger partial charge on any atom is 0.193 e. The average molecular weight is 485 g/mol. The van der Waals surface area contributed by atoms with Crippen LogP contribution in [0.1, 0.15) is 28.7 Å². The quantitative estimate of drug-likeness (QED) is 0.395. The summed E-state index contributed by atoms with van der Waals surface area (Å²) in [5.74, 6) is 0.350. The summed E-state index contributed by atoms with van der Waals surface area (Å²) >= 11 is 0. The van der Waals surface area contributed by atoms with Crippen molar-refractivity contribution in [1.29, 1.82) is 0 Å². The molecule has 2 aromatic carbocycles. The van der Waals surface area contributed by atoms with Crippen LogP contribution in [0.3, 0.4) is 0 Å². The molecule has 0 spiro atoms. The summed E-state index contributed by atoms with van der Waals surface area (Å²) in [6.45, 7) is 2.18. The van der Waals surface area contributed by atoms with E-state index < -0.39 is 9.84 Å². The van der Waals surface area contributed by atoms with Crippen molar-refractivity contribution < 1.29 is 8.42 Å². The lowest BCUT2D eigenvalue weighted by Gasteiger charge is -2.09. The van der Waals surface area contributed by atoms with Crippen LogP contribution >= 0.6 is 24.0 Å². The Balaban J connectivity index is 0.00000243. The van der Waals surface area contributed by atoms with E-state index in [1.807, 2.05) is 12.1 Å². The van der Waals surface area contributed by atoms with Crippen molar-refractivity contribution >= 4 is 45.5 Å². The largest absolute Gasteiger partial charge is 0.370 e. The number of aliphatic imine (C=N–C) groups is 1. The number of sulfone groups is 1. The molecule has 5 nitrogen and oxygen atoms in total. The van der Waals surface area contributed by atoms with E-state index in [0.717, 1.165) is 29.7 Å². The van der Waals surface area contributed by atoms with E-state index in [-0.39, 0.29) is 24.0 Å². The molecule has 7 heteroatoms. The highest BCUT2D eigenvalue weighted by Crippen LogP contribution is 2.24. The third-order valence-electron chi connectivity index (χ3n) is 4.44. The normalized spacial score (nSPS) is 13.8. The Kier molecular flexibility index (Phi) is 6.68. The minimum absolute atomic E-state index is 0. The summed E-state index contributed by atoms with van der Waals surface area (Å²) in [6.07, 6.45) is 4.70. The van der Waals surface area contributed by atoms with E-state index in [2.05, 4.69) is 22.4 Å². The van der Waals surface area contributed by atoms with Gasteiger partial charge in [0.05, 0.1) is 11.4 Å². The number of hydrogen-bond donors (Lipinski definition) is 2. The Hall–Kier alpha value is -1.61. The molecule has 0 aromatic heterocycles. The molecule has 0 amide bonds. The van der Waals surface area contributed by atoms with Gasteiger partial charge in [-0.3, -0.25) is 0 Å². The minimum Gasteiger partial charge on any atom is -0.370 e. The Morgan fingerprint density at radius 2 is 1.88 bits per heavy atom. The first kappa shape index (κ1) is 20.7. The second kappa shape index (κ2) is 8.39. The molecule has 1 aliphatic carbocycles. The molecule has 0 unspecified atom stereocenters. The second-order valence-corrected chi connectivity index (χ2v) is 8.52. The lowest BCUT2D eigenvalue weighted by Crippen LogP contribution is -2.22. The fourth-order valence-corrected chi connectivity index (χ4v) is 4.20. The van der Waals surface area contributed by atoms with E-state index in [1.165, 1.54) is 23.8 Å². The van der Waals surface area contributed by atoms with E-state index >= 15 is 0 Å². The minimum atomic E-state index is -3.20. The van der Waals surface area contributed by atoms with Gasteiger partial charge in [0.25, 0.3) is 0 Å². The molecule has 0 fully saturated rings. The van der Waals surface area contributed by atoms with Crippen LogP contribution in [0.4, 0.5) is 5.69 Å². The summed E-state index contributed by atoms with van der Waals surface area (Å²) in [4.78, 5) is 4.70. The number of hydrogen-bond acceptors (Lipinski definition) is 3. The Labute approximate surface area is 172 Å². The van der Waals surface area contributed by atoms with Crippen molar-refractivity contribution in [3.05, 3.63) is 58.7 Å². The number of benzene rings is 2. The van der Waals surface area contributed by atoms with Gasteiger partial charge in [-0.2, -0.15) is 0 Å². The van der Waals surface area contributed by atoms with Crippen molar-refractivity contribution in [3.8, 4) is 0 Å². The summed E-state index contributed by atoms with van der Waals surface area (Å²) in [7, 11) is -3.20. The molecule has 0 saturated carbocycles. The van der Waals surface area contributed by atoms with Gasteiger partial charge in [-0.25, -0.2) is 13.4 Å². The molecular weight excluding hydrogens is 461 g/mol. The maximum absolute atomic E-state index is 11.7. The van der Waals surface area contributed by atoms with Gasteiger partial charge < -0.3 is 11.1 Å². The van der Waals surface area contributed by atoms with Gasteiger partial charge >= 0.3 is 0 Å². The third kappa shape index (κ3) is 4.97. The molecule has 3 N–H and O–H groups in total. The van der Waals surface area contributed by atoms with Gasteiger partial charge in [-0.05, 0) is 66.6 Å². The predicted octanol–water partition coefficient (Wildman–Crippen LogP) is 3.43. The molecule has 0 atom stereocenters. The van der Waals surface area contributed by atoms with Gasteiger partial charge in [0, 0.05) is 11.9 Å². The van der Waals surface area contributed by atoms with Crippen LogP contribution in [0, 0.1) is 6.92 Å². The zero-order chi connectivity index (χ0) is 18.0. The number of guanidine groups is 1. The van der Waals surface area contributed by atoms with E-state index in [9.17, 15) is 8.42 Å². The lowest BCUT2D eigenvalue weighted by atomic mass is 10.1. The highest BCUT2D eigenvalue weighted by Gasteiger charge is 2.12. The van der Waals surface area contributed by atoms with Crippen LogP contribution in [0.5, 0.6) is 0 Å². The fourth-order valence-electron chi connectivity index (χ4n) is 3.24. The van der Waals surface area contributed by atoms with Crippen molar-refractivity contribution in [3.63, 3.8) is 0 Å². The standard InChI is InChI=1S/C19H23N3O2S.HI/c1-13-10-14(6-9-18(13)25(2,23)24)12-21-19(20)22-17-8-7-15-4-3-5-16(15)11-17;/h6-11H,3-5,12H2,1-2H3,(H3,20,21,22);1H. The first-order valence-corrected chi connectivity index (χ1v) is 10.2. The van der Waals surface area contributed by atoms with Gasteiger partial charge in [0.1, 0.15) is 0 Å². The molecule has 0 radical (unpaired) electrons. The summed E-state index contributed by atoms with van der Waals surface area (Å²) in [5.41, 5.74) is 11.4. The maximum atomic E-state index is 11.7. The van der Waals surface area contributed by atoms with E-state index in [1.54, 1.807) is 19.1 Å². The molecule has 0 aliphatic heterocycles. The SMILES string of the molecule is Cc1cc(CN=C(N)Nc2ccc3c(c2)CCC3)ccc1S(C)(=O)=O.I. The summed E-state index contributed by atoms with van der Waals surface area (Å²) < 4.78 is 23.3. The zero-order valence-electron chi connectivity index (χ0n) is 15.0. The van der Waals surface area contributed by atoms with Crippen molar-refractivity contribution in [2.24, 2.45) is 10.7 Å². The second-order valence-electron chi connectivity index (χ2n) is 6.54. The summed E-state index contributed by atoms with van der Waals surface area (Å²) in [6, 6.07) is 11.5. The smallest absolute Gasteiger partial charge is 0.193 e. The Bertz CT molecular complexity index is 940. The number of nitrogens with two attached hydrogens (primary N) is 1. The topological polar surface area (TPSA) is 84.5 Å². The molecule has 1 aliphatic rings. The van der Waals surface area contributed by atoms with Crippen molar-refractivity contribution in [1.82, 2.24) is 0 Å². The first-order chi connectivity index (χ1) is 11.8. The number of nitrogens with one attached hydrogen (secondary N) is 1. The molecule has 0 heterocycles. The van der Waals surface area contributed by atoms with Crippen LogP contribution in [-0.4, -0.2) is 20.6 Å². The van der Waals surface area contributed by atoms with Crippen LogP contribution in [-0.2, 0) is 29.2 Å². The summed E-state index contributed by atoms with van der Waals surface area (Å²) in [5, 5.41) is 3.12. The van der Waals surface area contributed by atoms with Crippen LogP contribution in [0.2, 0.25) is 0 Å². The number of nitrogens with zero attached hydrogens (tertiary/aromatic N) is 1. The lowest BCUT2D eigenvalue weighted by molar-refractivity contribution is 0.601. The van der Waals surface area contributed by atoms with Gasteiger partial charge in [-0.1, -0.05) is 18.2 Å². The van der Waals surface area contributed by atoms with Gasteiger partial charge in [0.15, 0.2) is 15.8 Å². The van der Waals surface area contributed by atoms with Crippen molar-refractivity contribution in [2.45, 2.75) is 37.6 Å². The van der Waals surface area contributed by atoms with Crippen molar-refractivity contribution in [2.75, 3.05) is 11.6 Å². The highest BCUT2D eigenvalue weighted by atomic mass is 127.